The van der Waals surface area contributed by atoms with Gasteiger partial charge in [0.15, 0.2) is 0 Å². The highest BCUT2D eigenvalue weighted by atomic mass is 16.2. The zero-order valence-corrected chi connectivity index (χ0v) is 10.9. The molecule has 1 amide bonds. The van der Waals surface area contributed by atoms with Crippen LogP contribution in [0, 0.1) is 6.92 Å². The molecule has 0 radical (unpaired) electrons. The lowest BCUT2D eigenvalue weighted by Gasteiger charge is -2.32. The van der Waals surface area contributed by atoms with Crippen molar-refractivity contribution in [1.29, 1.82) is 0 Å². The van der Waals surface area contributed by atoms with Crippen LogP contribution in [0.4, 0.5) is 0 Å². The number of rotatable bonds is 2. The first-order valence-corrected chi connectivity index (χ1v) is 6.19. The zero-order valence-electron chi connectivity index (χ0n) is 10.9. The Bertz CT molecular complexity index is 487. The maximum Gasteiger partial charge on any atom is 0.251 e. The first-order valence-electron chi connectivity index (χ1n) is 6.19. The fourth-order valence-corrected chi connectivity index (χ4v) is 2.04. The van der Waals surface area contributed by atoms with Crippen LogP contribution in [0.3, 0.4) is 0 Å². The fraction of sp³-hybridized carbons (Fsp3) is 0.538. The molecule has 0 N–H and O–H groups in total. The first-order chi connectivity index (χ1) is 8.56. The number of aromatic nitrogens is 1. The lowest BCUT2D eigenvalue weighted by atomic mass is 10.3. The Hall–Kier alpha value is -1.62. The number of amides is 1. The first kappa shape index (κ1) is 12.8. The third kappa shape index (κ3) is 2.98. The molecule has 0 aliphatic carbocycles. The molecule has 98 valence electrons. The lowest BCUT2D eigenvalue weighted by molar-refractivity contribution is -0.133. The van der Waals surface area contributed by atoms with Gasteiger partial charge in [-0.2, -0.15) is 0 Å². The van der Waals surface area contributed by atoms with Crippen LogP contribution in [0.5, 0.6) is 0 Å². The summed E-state index contributed by atoms with van der Waals surface area (Å²) >= 11 is 0. The normalized spacial score (nSPS) is 16.9. The third-order valence-electron chi connectivity index (χ3n) is 3.31. The monoisotopic (exact) mass is 249 g/mol. The SMILES string of the molecule is Cc1ccn(CC(=O)N2CCN(C)CC2)c(=O)c1. The van der Waals surface area contributed by atoms with E-state index in [-0.39, 0.29) is 18.0 Å². The van der Waals surface area contributed by atoms with Gasteiger partial charge in [0.05, 0.1) is 0 Å². The zero-order chi connectivity index (χ0) is 13.1. The van der Waals surface area contributed by atoms with Crippen LogP contribution in [0.1, 0.15) is 5.56 Å². The fourth-order valence-electron chi connectivity index (χ4n) is 2.04. The Labute approximate surface area is 107 Å². The van der Waals surface area contributed by atoms with Crippen LogP contribution in [0.2, 0.25) is 0 Å². The molecule has 1 saturated heterocycles. The summed E-state index contributed by atoms with van der Waals surface area (Å²) in [7, 11) is 2.05. The van der Waals surface area contributed by atoms with Gasteiger partial charge in [-0.05, 0) is 25.6 Å². The van der Waals surface area contributed by atoms with Gasteiger partial charge in [-0.25, -0.2) is 0 Å². The predicted octanol–water partition coefficient (Wildman–Crippen LogP) is -0.0693. The number of carbonyl (C=O) groups excluding carboxylic acids is 1. The Balaban J connectivity index is 2.01. The summed E-state index contributed by atoms with van der Waals surface area (Å²) < 4.78 is 1.47. The van der Waals surface area contributed by atoms with Crippen molar-refractivity contribution >= 4 is 5.91 Å². The van der Waals surface area contributed by atoms with Gasteiger partial charge in [-0.3, -0.25) is 9.59 Å². The molecule has 18 heavy (non-hydrogen) atoms. The van der Waals surface area contributed by atoms with Gasteiger partial charge in [0.2, 0.25) is 5.91 Å². The van der Waals surface area contributed by atoms with E-state index in [1.807, 2.05) is 24.9 Å². The second-order valence-corrected chi connectivity index (χ2v) is 4.85. The topological polar surface area (TPSA) is 45.6 Å². The second kappa shape index (κ2) is 5.35. The molecule has 0 bridgehead atoms. The molecular formula is C13H19N3O2. The molecule has 0 atom stereocenters. The summed E-state index contributed by atoms with van der Waals surface area (Å²) in [6.07, 6.45) is 1.69. The molecule has 0 saturated carbocycles. The van der Waals surface area contributed by atoms with Crippen molar-refractivity contribution in [3.63, 3.8) is 0 Å². The standard InChI is InChI=1S/C13H19N3O2/c1-11-3-4-16(12(17)9-11)10-13(18)15-7-5-14(2)6-8-15/h3-4,9H,5-8,10H2,1-2H3. The highest BCUT2D eigenvalue weighted by Crippen LogP contribution is 2.01. The summed E-state index contributed by atoms with van der Waals surface area (Å²) in [6.45, 7) is 5.30. The number of hydrogen-bond acceptors (Lipinski definition) is 3. The molecule has 5 heteroatoms. The number of nitrogens with zero attached hydrogens (tertiary/aromatic N) is 3. The second-order valence-electron chi connectivity index (χ2n) is 4.85. The predicted molar refractivity (Wildman–Crippen MR) is 69.5 cm³/mol. The van der Waals surface area contributed by atoms with Crippen molar-refractivity contribution in [2.75, 3.05) is 33.2 Å². The number of pyridine rings is 1. The van der Waals surface area contributed by atoms with Crippen LogP contribution >= 0.6 is 0 Å². The summed E-state index contributed by atoms with van der Waals surface area (Å²) in [5.74, 6) is 0.0223. The van der Waals surface area contributed by atoms with Gasteiger partial charge in [0, 0.05) is 38.4 Å². The number of hydrogen-bond donors (Lipinski definition) is 0. The molecule has 5 nitrogen and oxygen atoms in total. The molecule has 2 rings (SSSR count). The van der Waals surface area contributed by atoms with Crippen molar-refractivity contribution < 1.29 is 4.79 Å². The van der Waals surface area contributed by atoms with Crippen molar-refractivity contribution in [2.24, 2.45) is 0 Å². The van der Waals surface area contributed by atoms with Gasteiger partial charge in [-0.1, -0.05) is 0 Å². The number of likely N-dealkylation sites (N-methyl/N-ethyl adjacent to an activating group) is 1. The minimum absolute atomic E-state index is 0.0223. The third-order valence-corrected chi connectivity index (χ3v) is 3.31. The van der Waals surface area contributed by atoms with Crippen LogP contribution in [-0.2, 0) is 11.3 Å². The highest BCUT2D eigenvalue weighted by molar-refractivity contribution is 5.76. The summed E-state index contributed by atoms with van der Waals surface area (Å²) in [5.41, 5.74) is 0.806. The van der Waals surface area contributed by atoms with Crippen LogP contribution in [-0.4, -0.2) is 53.5 Å². The Morgan fingerprint density at radius 3 is 2.56 bits per heavy atom. The smallest absolute Gasteiger partial charge is 0.251 e. The number of aryl methyl sites for hydroxylation is 1. The largest absolute Gasteiger partial charge is 0.339 e. The summed E-state index contributed by atoms with van der Waals surface area (Å²) in [4.78, 5) is 27.8. The van der Waals surface area contributed by atoms with Gasteiger partial charge in [0.1, 0.15) is 6.54 Å². The minimum atomic E-state index is -0.113. The van der Waals surface area contributed by atoms with Crippen molar-refractivity contribution in [2.45, 2.75) is 13.5 Å². The van der Waals surface area contributed by atoms with E-state index in [1.54, 1.807) is 12.3 Å². The number of carbonyl (C=O) groups is 1. The lowest BCUT2D eigenvalue weighted by Crippen LogP contribution is -2.48. The van der Waals surface area contributed by atoms with E-state index in [1.165, 1.54) is 4.57 Å². The molecule has 1 aromatic heterocycles. The molecule has 2 heterocycles. The van der Waals surface area contributed by atoms with Gasteiger partial charge >= 0.3 is 0 Å². The van der Waals surface area contributed by atoms with Crippen molar-refractivity contribution in [1.82, 2.24) is 14.4 Å². The van der Waals surface area contributed by atoms with Crippen LogP contribution in [0.15, 0.2) is 23.1 Å². The van der Waals surface area contributed by atoms with Crippen LogP contribution < -0.4 is 5.56 Å². The average Bonchev–Trinajstić information content (AvgIpc) is 2.33. The van der Waals surface area contributed by atoms with Gasteiger partial charge < -0.3 is 14.4 Å². The molecule has 0 aromatic carbocycles. The molecule has 1 aromatic rings. The van der Waals surface area contributed by atoms with E-state index in [0.717, 1.165) is 31.7 Å². The Kier molecular flexibility index (Phi) is 3.81. The average molecular weight is 249 g/mol. The van der Waals surface area contributed by atoms with E-state index in [0.29, 0.717) is 0 Å². The van der Waals surface area contributed by atoms with Crippen molar-refractivity contribution in [3.8, 4) is 0 Å². The quantitative estimate of drug-likeness (QED) is 0.737. The highest BCUT2D eigenvalue weighted by Gasteiger charge is 2.19. The summed E-state index contributed by atoms with van der Waals surface area (Å²) in [5, 5.41) is 0. The maximum absolute atomic E-state index is 12.1. The molecule has 0 unspecified atom stereocenters. The Morgan fingerprint density at radius 2 is 1.94 bits per heavy atom. The van der Waals surface area contributed by atoms with E-state index in [4.69, 9.17) is 0 Å². The molecule has 0 spiro atoms. The van der Waals surface area contributed by atoms with Gasteiger partial charge in [0.25, 0.3) is 5.56 Å². The maximum atomic E-state index is 12.1. The molecule has 1 aliphatic rings. The molecule has 1 aliphatic heterocycles. The Morgan fingerprint density at radius 1 is 1.28 bits per heavy atom. The molecule has 1 fully saturated rings. The van der Waals surface area contributed by atoms with E-state index in [9.17, 15) is 9.59 Å². The number of piperazine rings is 1. The van der Waals surface area contributed by atoms with E-state index in [2.05, 4.69) is 4.90 Å². The minimum Gasteiger partial charge on any atom is -0.339 e. The summed E-state index contributed by atoms with van der Waals surface area (Å²) in [6, 6.07) is 3.40. The van der Waals surface area contributed by atoms with E-state index >= 15 is 0 Å². The van der Waals surface area contributed by atoms with Crippen LogP contribution in [0.25, 0.3) is 0 Å². The van der Waals surface area contributed by atoms with E-state index < -0.39 is 0 Å². The molecular weight excluding hydrogens is 230 g/mol. The van der Waals surface area contributed by atoms with Crippen molar-refractivity contribution in [3.05, 3.63) is 34.2 Å². The van der Waals surface area contributed by atoms with Gasteiger partial charge in [-0.15, -0.1) is 0 Å².